The zero-order chi connectivity index (χ0) is 19.3. The van der Waals surface area contributed by atoms with Crippen LogP contribution < -0.4 is 10.6 Å². The molecule has 2 amide bonds. The smallest absolute Gasteiger partial charge is 0.408 e. The van der Waals surface area contributed by atoms with Crippen molar-refractivity contribution in [1.29, 1.82) is 0 Å². The van der Waals surface area contributed by atoms with Gasteiger partial charge in [-0.15, -0.1) is 0 Å². The fourth-order valence-electron chi connectivity index (χ4n) is 2.62. The Hall–Kier alpha value is -1.63. The van der Waals surface area contributed by atoms with E-state index in [-0.39, 0.29) is 5.91 Å². The third kappa shape index (κ3) is 6.94. The largest absolute Gasteiger partial charge is 0.444 e. The Kier molecular flexibility index (Phi) is 7.03. The molecule has 2 N–H and O–H groups in total. The maximum absolute atomic E-state index is 12.8. The summed E-state index contributed by atoms with van der Waals surface area (Å²) in [6.45, 7) is 7.41. The number of carbonyl (C=O) groups is 2. The normalized spacial score (nSPS) is 15.3. The predicted octanol–water partition coefficient (Wildman–Crippen LogP) is 4.43. The number of aromatic nitrogens is 1. The molecule has 0 aliphatic heterocycles. The fraction of sp³-hybridized carbons (Fsp3) is 0.632. The number of aryl methyl sites for hydroxylation is 1. The van der Waals surface area contributed by atoms with Gasteiger partial charge in [0.05, 0.1) is 11.9 Å². The molecule has 144 valence electrons. The molecule has 0 aromatic carbocycles. The van der Waals surface area contributed by atoms with E-state index in [1.165, 1.54) is 12.8 Å². The minimum atomic E-state index is -0.626. The van der Waals surface area contributed by atoms with E-state index in [9.17, 15) is 9.59 Å². The van der Waals surface area contributed by atoms with Crippen molar-refractivity contribution in [2.24, 2.45) is 5.92 Å². The predicted molar refractivity (Wildman–Crippen MR) is 105 cm³/mol. The Morgan fingerprint density at radius 1 is 1.38 bits per heavy atom. The number of halogens is 1. The number of amides is 2. The van der Waals surface area contributed by atoms with Gasteiger partial charge in [-0.05, 0) is 73.5 Å². The molecule has 1 atom stereocenters. The molecule has 0 spiro atoms. The minimum absolute atomic E-state index is 0.240. The molecule has 1 aromatic heterocycles. The first kappa shape index (κ1) is 20.7. The average Bonchev–Trinajstić information content (AvgIpc) is 3.35. The monoisotopic (exact) mass is 425 g/mol. The van der Waals surface area contributed by atoms with Gasteiger partial charge in [-0.2, -0.15) is 0 Å². The Labute approximate surface area is 163 Å². The van der Waals surface area contributed by atoms with Crippen LogP contribution in [0.15, 0.2) is 16.9 Å². The maximum atomic E-state index is 12.8. The second-order valence-corrected chi connectivity index (χ2v) is 8.54. The molecule has 2 rings (SSSR count). The lowest BCUT2D eigenvalue weighted by Crippen LogP contribution is -2.46. The van der Waals surface area contributed by atoms with Crippen LogP contribution in [0.1, 0.15) is 58.9 Å². The van der Waals surface area contributed by atoms with Crippen molar-refractivity contribution in [3.63, 3.8) is 0 Å². The number of anilines is 1. The second-order valence-electron chi connectivity index (χ2n) is 7.73. The van der Waals surface area contributed by atoms with Crippen LogP contribution in [0.5, 0.6) is 0 Å². The van der Waals surface area contributed by atoms with Gasteiger partial charge < -0.3 is 15.4 Å². The third-order valence-corrected chi connectivity index (χ3v) is 4.60. The van der Waals surface area contributed by atoms with Crippen LogP contribution in [0.4, 0.5) is 10.5 Å². The number of nitrogens with zero attached hydrogens (tertiary/aromatic N) is 1. The van der Waals surface area contributed by atoms with Crippen molar-refractivity contribution >= 4 is 33.6 Å². The van der Waals surface area contributed by atoms with Crippen molar-refractivity contribution in [3.8, 4) is 0 Å². The molecule has 7 heteroatoms. The van der Waals surface area contributed by atoms with Crippen LogP contribution in [0.25, 0.3) is 0 Å². The molecule has 6 nitrogen and oxygen atoms in total. The van der Waals surface area contributed by atoms with Gasteiger partial charge in [-0.25, -0.2) is 9.78 Å². The van der Waals surface area contributed by atoms with Gasteiger partial charge in [0.2, 0.25) is 5.91 Å². The van der Waals surface area contributed by atoms with E-state index in [1.807, 2.05) is 13.0 Å². The average molecular weight is 426 g/mol. The van der Waals surface area contributed by atoms with Gasteiger partial charge in [-0.1, -0.05) is 19.8 Å². The molecule has 0 saturated heterocycles. The number of hydrogen-bond donors (Lipinski definition) is 2. The van der Waals surface area contributed by atoms with Crippen LogP contribution in [0.3, 0.4) is 0 Å². The van der Waals surface area contributed by atoms with Crippen molar-refractivity contribution in [3.05, 3.63) is 22.4 Å². The molecular weight excluding hydrogens is 398 g/mol. The first-order valence-corrected chi connectivity index (χ1v) is 9.92. The van der Waals surface area contributed by atoms with Crippen LogP contribution in [0, 0.1) is 5.92 Å². The number of pyridine rings is 1. The maximum Gasteiger partial charge on any atom is 0.408 e. The highest BCUT2D eigenvalue weighted by atomic mass is 79.9. The van der Waals surface area contributed by atoms with Crippen molar-refractivity contribution < 1.29 is 14.3 Å². The van der Waals surface area contributed by atoms with E-state index in [4.69, 9.17) is 4.74 Å². The van der Waals surface area contributed by atoms with Gasteiger partial charge >= 0.3 is 6.09 Å². The summed E-state index contributed by atoms with van der Waals surface area (Å²) in [5, 5.41) is 5.63. The Bertz CT molecular complexity index is 654. The van der Waals surface area contributed by atoms with Gasteiger partial charge in [-0.3, -0.25) is 4.79 Å². The molecular formula is C19H28BrN3O3. The standard InChI is InChI=1S/C19H28BrN3O3/c1-5-13-10-16(20)21-11-15(13)22-17(24)14(9-8-12-6-7-12)23-18(25)26-19(2,3)4/h10-12,14H,5-9H2,1-4H3,(H,22,24)(H,23,25). The fourth-order valence-corrected chi connectivity index (χ4v) is 3.00. The number of rotatable bonds is 7. The van der Waals surface area contributed by atoms with E-state index in [2.05, 4.69) is 31.5 Å². The lowest BCUT2D eigenvalue weighted by molar-refractivity contribution is -0.118. The van der Waals surface area contributed by atoms with Crippen LogP contribution in [0.2, 0.25) is 0 Å². The van der Waals surface area contributed by atoms with Gasteiger partial charge in [0, 0.05) is 0 Å². The van der Waals surface area contributed by atoms with Crippen molar-refractivity contribution in [2.75, 3.05) is 5.32 Å². The molecule has 1 saturated carbocycles. The Morgan fingerprint density at radius 2 is 2.08 bits per heavy atom. The highest BCUT2D eigenvalue weighted by molar-refractivity contribution is 9.10. The van der Waals surface area contributed by atoms with Gasteiger partial charge in [0.15, 0.2) is 0 Å². The van der Waals surface area contributed by atoms with Crippen molar-refractivity contribution in [2.45, 2.75) is 71.4 Å². The lowest BCUT2D eigenvalue weighted by Gasteiger charge is -2.23. The van der Waals surface area contributed by atoms with Gasteiger partial charge in [0.1, 0.15) is 16.2 Å². The molecule has 1 aromatic rings. The highest BCUT2D eigenvalue weighted by Gasteiger charge is 2.28. The molecule has 26 heavy (non-hydrogen) atoms. The van der Waals surface area contributed by atoms with E-state index in [1.54, 1.807) is 27.0 Å². The van der Waals surface area contributed by atoms with Crippen LogP contribution in [-0.2, 0) is 16.0 Å². The van der Waals surface area contributed by atoms with E-state index in [0.29, 0.717) is 18.0 Å². The topological polar surface area (TPSA) is 80.3 Å². The summed E-state index contributed by atoms with van der Waals surface area (Å²) in [6, 6.07) is 1.26. The van der Waals surface area contributed by atoms with E-state index in [0.717, 1.165) is 23.0 Å². The SMILES string of the molecule is CCc1cc(Br)ncc1NC(=O)C(CCC1CC1)NC(=O)OC(C)(C)C. The summed E-state index contributed by atoms with van der Waals surface area (Å²) < 4.78 is 6.03. The molecule has 0 bridgehead atoms. The second kappa shape index (κ2) is 8.84. The summed E-state index contributed by atoms with van der Waals surface area (Å²) in [5.74, 6) is 0.432. The molecule has 1 aliphatic rings. The van der Waals surface area contributed by atoms with Crippen LogP contribution in [-0.4, -0.2) is 28.6 Å². The molecule has 1 fully saturated rings. The number of ether oxygens (including phenoxy) is 1. The third-order valence-electron chi connectivity index (χ3n) is 4.16. The number of alkyl carbamates (subject to hydrolysis) is 1. The van der Waals surface area contributed by atoms with Crippen LogP contribution >= 0.6 is 15.9 Å². The Morgan fingerprint density at radius 3 is 2.65 bits per heavy atom. The first-order chi connectivity index (χ1) is 12.2. The first-order valence-electron chi connectivity index (χ1n) is 9.12. The lowest BCUT2D eigenvalue weighted by atomic mass is 10.1. The zero-order valence-electron chi connectivity index (χ0n) is 15.9. The molecule has 1 heterocycles. The zero-order valence-corrected chi connectivity index (χ0v) is 17.5. The number of nitrogens with one attached hydrogen (secondary N) is 2. The highest BCUT2D eigenvalue weighted by Crippen LogP contribution is 2.34. The molecule has 0 radical (unpaired) electrons. The number of hydrogen-bond acceptors (Lipinski definition) is 4. The minimum Gasteiger partial charge on any atom is -0.444 e. The summed E-state index contributed by atoms with van der Waals surface area (Å²) >= 11 is 3.34. The van der Waals surface area contributed by atoms with E-state index >= 15 is 0 Å². The van der Waals surface area contributed by atoms with E-state index < -0.39 is 17.7 Å². The summed E-state index contributed by atoms with van der Waals surface area (Å²) in [6.07, 6.45) is 5.76. The summed E-state index contributed by atoms with van der Waals surface area (Å²) in [7, 11) is 0. The van der Waals surface area contributed by atoms with Crippen molar-refractivity contribution in [1.82, 2.24) is 10.3 Å². The Balaban J connectivity index is 2.05. The summed E-state index contributed by atoms with van der Waals surface area (Å²) in [5.41, 5.74) is 1.05. The molecule has 1 unspecified atom stereocenters. The molecule has 1 aliphatic carbocycles. The van der Waals surface area contributed by atoms with Gasteiger partial charge in [0.25, 0.3) is 0 Å². The summed E-state index contributed by atoms with van der Waals surface area (Å²) in [4.78, 5) is 29.1. The number of carbonyl (C=O) groups excluding carboxylic acids is 2. The quantitative estimate of drug-likeness (QED) is 0.633.